The first-order valence-corrected chi connectivity index (χ1v) is 15.4. The van der Waals surface area contributed by atoms with Crippen LogP contribution >= 0.6 is 0 Å². The lowest BCUT2D eigenvalue weighted by Gasteiger charge is -2.21. The van der Waals surface area contributed by atoms with Crippen LogP contribution in [0.25, 0.3) is 21.8 Å². The first-order chi connectivity index (χ1) is 20.6. The minimum atomic E-state index is -4.02. The molecule has 0 aliphatic heterocycles. The molecule has 0 fully saturated rings. The Morgan fingerprint density at radius 1 is 0.721 bits per heavy atom. The summed E-state index contributed by atoms with van der Waals surface area (Å²) in [4.78, 5) is 15.0. The van der Waals surface area contributed by atoms with Gasteiger partial charge in [0.2, 0.25) is 0 Å². The van der Waals surface area contributed by atoms with Crippen molar-refractivity contribution in [3.63, 3.8) is 0 Å². The molecule has 6 rings (SSSR count). The summed E-state index contributed by atoms with van der Waals surface area (Å²) in [5.74, 6) is -0.769. The number of sulfonamides is 1. The number of hydrazine groups is 1. The van der Waals surface area contributed by atoms with E-state index in [0.717, 1.165) is 28.0 Å². The van der Waals surface area contributed by atoms with E-state index in [4.69, 9.17) is 0 Å². The molecule has 8 nitrogen and oxygen atoms in total. The molecule has 43 heavy (non-hydrogen) atoms. The number of hydrogen-bond donors (Lipinski definition) is 3. The number of phenols is 1. The second-order valence-electron chi connectivity index (χ2n) is 10.8. The standard InChI is InChI=1S/C34H32N4O4S/c1-21-31(27-9-5-7-11-29(27)37(21)3)33(32-22(2)38(4)30-12-8-6-10-28(30)32)23-13-15-24(16-14-23)34(40)35-36-43(41,42)26-19-17-25(39)18-20-26/h5-20,33,36,39H,1-4H3,(H,35,40). The van der Waals surface area contributed by atoms with Crippen LogP contribution in [0.3, 0.4) is 0 Å². The zero-order valence-electron chi connectivity index (χ0n) is 24.3. The SMILES string of the molecule is Cc1c(C(c2ccc(C(=O)NNS(=O)(=O)c3ccc(O)cc3)cc2)c2c(C)n(C)c3ccccc23)c2ccccc2n1C. The summed E-state index contributed by atoms with van der Waals surface area (Å²) in [7, 11) is 0.150. The molecule has 0 unspecified atom stereocenters. The zero-order chi connectivity index (χ0) is 30.5. The lowest BCUT2D eigenvalue weighted by atomic mass is 9.82. The number of aromatic hydroxyl groups is 1. The van der Waals surface area contributed by atoms with Crippen LogP contribution in [0, 0.1) is 13.8 Å². The van der Waals surface area contributed by atoms with Gasteiger partial charge >= 0.3 is 0 Å². The van der Waals surface area contributed by atoms with Gasteiger partial charge in [-0.15, -0.1) is 4.83 Å². The van der Waals surface area contributed by atoms with Crippen LogP contribution in [-0.2, 0) is 24.1 Å². The minimum absolute atomic E-state index is 0.0567. The summed E-state index contributed by atoms with van der Waals surface area (Å²) in [6.45, 7) is 4.29. The number of rotatable bonds is 7. The van der Waals surface area contributed by atoms with Gasteiger partial charge in [-0.1, -0.05) is 48.5 Å². The van der Waals surface area contributed by atoms with E-state index in [1.807, 2.05) is 24.3 Å². The number of fused-ring (bicyclic) bond motifs is 2. The Bertz CT molecular complexity index is 2020. The third kappa shape index (κ3) is 4.86. The number of hydrogen-bond acceptors (Lipinski definition) is 4. The fourth-order valence-corrected chi connectivity index (χ4v) is 6.84. The molecule has 0 aliphatic carbocycles. The first-order valence-electron chi connectivity index (χ1n) is 13.9. The van der Waals surface area contributed by atoms with Crippen molar-refractivity contribution in [3.8, 4) is 5.75 Å². The summed E-state index contributed by atoms with van der Waals surface area (Å²) in [5.41, 5.74) is 10.6. The number of carbonyl (C=O) groups is 1. The van der Waals surface area contributed by atoms with Gasteiger partial charge < -0.3 is 14.2 Å². The predicted molar refractivity (Wildman–Crippen MR) is 169 cm³/mol. The molecule has 0 saturated heterocycles. The number of benzene rings is 4. The van der Waals surface area contributed by atoms with Crippen molar-refractivity contribution in [2.24, 2.45) is 14.1 Å². The van der Waals surface area contributed by atoms with Crippen LogP contribution < -0.4 is 10.3 Å². The summed E-state index contributed by atoms with van der Waals surface area (Å²) in [6.07, 6.45) is 0. The molecule has 1 amide bonds. The monoisotopic (exact) mass is 592 g/mol. The lowest BCUT2D eigenvalue weighted by Crippen LogP contribution is -2.41. The van der Waals surface area contributed by atoms with E-state index in [1.165, 1.54) is 46.2 Å². The Labute approximate surface area is 250 Å². The average molecular weight is 593 g/mol. The van der Waals surface area contributed by atoms with Crippen molar-refractivity contribution in [2.45, 2.75) is 24.7 Å². The van der Waals surface area contributed by atoms with Gasteiger partial charge in [-0.25, -0.2) is 8.42 Å². The highest BCUT2D eigenvalue weighted by atomic mass is 32.2. The van der Waals surface area contributed by atoms with Crippen LogP contribution in [0.1, 0.15) is 44.4 Å². The first kappa shape index (κ1) is 28.3. The van der Waals surface area contributed by atoms with Gasteiger partial charge in [0.1, 0.15) is 5.75 Å². The zero-order valence-corrected chi connectivity index (χ0v) is 25.1. The molecule has 3 N–H and O–H groups in total. The largest absolute Gasteiger partial charge is 0.508 e. The number of aromatic nitrogens is 2. The number of amides is 1. The summed E-state index contributed by atoms with van der Waals surface area (Å²) in [5, 5.41) is 11.8. The molecule has 6 aromatic rings. The predicted octanol–water partition coefficient (Wildman–Crippen LogP) is 5.80. The van der Waals surface area contributed by atoms with Crippen molar-refractivity contribution in [2.75, 3.05) is 0 Å². The van der Waals surface area contributed by atoms with Crippen molar-refractivity contribution < 1.29 is 18.3 Å². The van der Waals surface area contributed by atoms with Crippen LogP contribution in [0.4, 0.5) is 0 Å². The summed E-state index contributed by atoms with van der Waals surface area (Å²) < 4.78 is 29.7. The number of aryl methyl sites for hydroxylation is 2. The molecule has 218 valence electrons. The third-order valence-electron chi connectivity index (χ3n) is 8.43. The normalized spacial score (nSPS) is 11.9. The Hall–Kier alpha value is -4.86. The van der Waals surface area contributed by atoms with Gasteiger partial charge in [-0.05, 0) is 79.1 Å². The highest BCUT2D eigenvalue weighted by Gasteiger charge is 2.29. The quantitative estimate of drug-likeness (QED) is 0.204. The molecule has 0 atom stereocenters. The molecular formula is C34H32N4O4S. The van der Waals surface area contributed by atoms with E-state index in [9.17, 15) is 18.3 Å². The second kappa shape index (κ2) is 10.8. The fraction of sp³-hybridized carbons (Fsp3) is 0.147. The van der Waals surface area contributed by atoms with E-state index in [2.05, 4.69) is 83.7 Å². The van der Waals surface area contributed by atoms with Gasteiger partial charge in [0.05, 0.1) is 4.90 Å². The molecule has 0 bridgehead atoms. The van der Waals surface area contributed by atoms with Crippen LogP contribution in [0.2, 0.25) is 0 Å². The smallest absolute Gasteiger partial charge is 0.266 e. The molecule has 0 spiro atoms. The number of nitrogens with zero attached hydrogens (tertiary/aromatic N) is 2. The van der Waals surface area contributed by atoms with E-state index in [1.54, 1.807) is 12.1 Å². The minimum Gasteiger partial charge on any atom is -0.508 e. The third-order valence-corrected chi connectivity index (χ3v) is 9.69. The van der Waals surface area contributed by atoms with Gasteiger partial charge in [0.15, 0.2) is 0 Å². The van der Waals surface area contributed by atoms with Crippen LogP contribution in [0.5, 0.6) is 5.75 Å². The molecule has 9 heteroatoms. The number of nitrogens with one attached hydrogen (secondary N) is 2. The van der Waals surface area contributed by atoms with E-state index in [-0.39, 0.29) is 16.6 Å². The summed E-state index contributed by atoms with van der Waals surface area (Å²) in [6, 6.07) is 29.1. The van der Waals surface area contributed by atoms with Gasteiger partial charge in [0, 0.05) is 58.8 Å². The van der Waals surface area contributed by atoms with E-state index < -0.39 is 15.9 Å². The number of phenolic OH excluding ortho intramolecular Hbond substituents is 1. The molecule has 2 aromatic heterocycles. The van der Waals surface area contributed by atoms with Crippen molar-refractivity contribution in [1.29, 1.82) is 0 Å². The highest BCUT2D eigenvalue weighted by molar-refractivity contribution is 7.89. The Kier molecular flexibility index (Phi) is 7.07. The molecule has 4 aromatic carbocycles. The highest BCUT2D eigenvalue weighted by Crippen LogP contribution is 2.44. The maximum atomic E-state index is 13.0. The second-order valence-corrected chi connectivity index (χ2v) is 12.4. The molecule has 0 radical (unpaired) electrons. The van der Waals surface area contributed by atoms with E-state index in [0.29, 0.717) is 5.56 Å². The average Bonchev–Trinajstić information content (AvgIpc) is 3.42. The molecule has 0 saturated carbocycles. The van der Waals surface area contributed by atoms with Crippen LogP contribution in [-0.4, -0.2) is 28.6 Å². The fourth-order valence-electron chi connectivity index (χ4n) is 6.00. The van der Waals surface area contributed by atoms with Gasteiger partial charge in [0.25, 0.3) is 15.9 Å². The molecule has 0 aliphatic rings. The van der Waals surface area contributed by atoms with Crippen molar-refractivity contribution >= 4 is 37.7 Å². The Morgan fingerprint density at radius 2 is 1.21 bits per heavy atom. The number of carbonyl (C=O) groups excluding carboxylic acids is 1. The molecule has 2 heterocycles. The maximum absolute atomic E-state index is 13.0. The number of para-hydroxylation sites is 2. The Morgan fingerprint density at radius 3 is 1.72 bits per heavy atom. The topological polar surface area (TPSA) is 105 Å². The Balaban J connectivity index is 1.40. The molecular weight excluding hydrogens is 560 g/mol. The van der Waals surface area contributed by atoms with E-state index >= 15 is 0 Å². The van der Waals surface area contributed by atoms with Crippen molar-refractivity contribution in [3.05, 3.63) is 131 Å². The van der Waals surface area contributed by atoms with Crippen molar-refractivity contribution in [1.82, 2.24) is 19.4 Å². The van der Waals surface area contributed by atoms with Crippen LogP contribution in [0.15, 0.2) is 102 Å². The summed E-state index contributed by atoms with van der Waals surface area (Å²) >= 11 is 0. The lowest BCUT2D eigenvalue weighted by molar-refractivity contribution is 0.0945. The van der Waals surface area contributed by atoms with Gasteiger partial charge in [-0.3, -0.25) is 10.2 Å². The van der Waals surface area contributed by atoms with Gasteiger partial charge in [-0.2, -0.15) is 0 Å². The maximum Gasteiger partial charge on any atom is 0.266 e.